The van der Waals surface area contributed by atoms with Crippen molar-refractivity contribution in [2.24, 2.45) is 0 Å². The van der Waals surface area contributed by atoms with Gasteiger partial charge >= 0.3 is 0 Å². The summed E-state index contributed by atoms with van der Waals surface area (Å²) in [6, 6.07) is 11.9. The lowest BCUT2D eigenvalue weighted by molar-refractivity contribution is -0.133. The summed E-state index contributed by atoms with van der Waals surface area (Å²) < 4.78 is 5.36. The number of likely N-dealkylation sites (N-methyl/N-ethyl adjacent to an activating group) is 1. The van der Waals surface area contributed by atoms with Gasteiger partial charge in [0.1, 0.15) is 5.76 Å². The second-order valence-electron chi connectivity index (χ2n) is 5.31. The van der Waals surface area contributed by atoms with Crippen LogP contribution in [0, 0.1) is 0 Å². The topological polar surface area (TPSA) is 45.5 Å². The highest BCUT2D eigenvalue weighted by Crippen LogP contribution is 2.26. The van der Waals surface area contributed by atoms with Crippen molar-refractivity contribution >= 4 is 5.91 Å². The van der Waals surface area contributed by atoms with E-state index in [4.69, 9.17) is 4.42 Å². The van der Waals surface area contributed by atoms with Gasteiger partial charge in [0.05, 0.1) is 18.7 Å². The standard InChI is InChI=1S/C17H20N2O2/c1-2-19(12-14-7-5-9-21-14)17(20)16-11-18-10-13-6-3-4-8-15(13)16/h3-9,16,18H,2,10-12H2,1H3. The fourth-order valence-electron chi connectivity index (χ4n) is 2.87. The molecule has 0 aliphatic carbocycles. The first kappa shape index (κ1) is 13.9. The normalized spacial score (nSPS) is 17.3. The number of nitrogens with one attached hydrogen (secondary N) is 1. The Bertz CT molecular complexity index is 607. The summed E-state index contributed by atoms with van der Waals surface area (Å²) in [5.41, 5.74) is 2.37. The molecule has 1 N–H and O–H groups in total. The van der Waals surface area contributed by atoms with E-state index in [9.17, 15) is 4.79 Å². The average molecular weight is 284 g/mol. The van der Waals surface area contributed by atoms with Crippen molar-refractivity contribution in [2.45, 2.75) is 25.9 Å². The molecule has 0 radical (unpaired) electrons. The predicted molar refractivity (Wildman–Crippen MR) is 80.7 cm³/mol. The monoisotopic (exact) mass is 284 g/mol. The fourth-order valence-corrected chi connectivity index (χ4v) is 2.87. The van der Waals surface area contributed by atoms with E-state index in [0.29, 0.717) is 19.6 Å². The Kier molecular flexibility index (Phi) is 4.06. The van der Waals surface area contributed by atoms with E-state index in [1.54, 1.807) is 6.26 Å². The molecule has 0 fully saturated rings. The van der Waals surface area contributed by atoms with Gasteiger partial charge in [0, 0.05) is 19.6 Å². The minimum absolute atomic E-state index is 0.107. The summed E-state index contributed by atoms with van der Waals surface area (Å²) >= 11 is 0. The maximum absolute atomic E-state index is 12.9. The maximum atomic E-state index is 12.9. The molecule has 1 atom stereocenters. The first-order valence-corrected chi connectivity index (χ1v) is 7.39. The van der Waals surface area contributed by atoms with E-state index < -0.39 is 0 Å². The van der Waals surface area contributed by atoms with Crippen molar-refractivity contribution in [3.05, 3.63) is 59.5 Å². The Morgan fingerprint density at radius 2 is 2.19 bits per heavy atom. The Morgan fingerprint density at radius 1 is 1.33 bits per heavy atom. The van der Waals surface area contributed by atoms with Crippen LogP contribution in [0.3, 0.4) is 0 Å². The van der Waals surface area contributed by atoms with Gasteiger partial charge in [-0.15, -0.1) is 0 Å². The van der Waals surface area contributed by atoms with Crippen LogP contribution in [0.25, 0.3) is 0 Å². The molecule has 1 amide bonds. The van der Waals surface area contributed by atoms with Crippen molar-refractivity contribution in [3.8, 4) is 0 Å². The molecular formula is C17H20N2O2. The molecule has 1 aromatic heterocycles. The van der Waals surface area contributed by atoms with Gasteiger partial charge in [0.15, 0.2) is 0 Å². The molecule has 0 saturated carbocycles. The Labute approximate surface area is 124 Å². The second kappa shape index (κ2) is 6.14. The highest BCUT2D eigenvalue weighted by Gasteiger charge is 2.29. The first-order valence-electron chi connectivity index (χ1n) is 7.39. The molecule has 3 rings (SSSR count). The molecule has 0 saturated heterocycles. The molecule has 1 aliphatic rings. The van der Waals surface area contributed by atoms with Gasteiger partial charge in [-0.3, -0.25) is 4.79 Å². The van der Waals surface area contributed by atoms with Crippen molar-refractivity contribution in [2.75, 3.05) is 13.1 Å². The zero-order chi connectivity index (χ0) is 14.7. The summed E-state index contributed by atoms with van der Waals surface area (Å²) in [6.45, 7) is 4.75. The minimum Gasteiger partial charge on any atom is -0.467 e. The molecule has 4 nitrogen and oxygen atoms in total. The SMILES string of the molecule is CCN(Cc1ccco1)C(=O)C1CNCc2ccccc21. The molecule has 110 valence electrons. The van der Waals surface area contributed by atoms with Crippen molar-refractivity contribution in [3.63, 3.8) is 0 Å². The number of rotatable bonds is 4. The lowest BCUT2D eigenvalue weighted by Gasteiger charge is -2.30. The van der Waals surface area contributed by atoms with Gasteiger partial charge < -0.3 is 14.6 Å². The second-order valence-corrected chi connectivity index (χ2v) is 5.31. The van der Waals surface area contributed by atoms with E-state index in [1.807, 2.05) is 36.1 Å². The molecule has 2 aromatic rings. The Hall–Kier alpha value is -2.07. The van der Waals surface area contributed by atoms with E-state index in [-0.39, 0.29) is 11.8 Å². The van der Waals surface area contributed by atoms with Crippen molar-refractivity contribution < 1.29 is 9.21 Å². The van der Waals surface area contributed by atoms with Crippen LogP contribution in [0.5, 0.6) is 0 Å². The quantitative estimate of drug-likeness (QED) is 0.938. The van der Waals surface area contributed by atoms with Gasteiger partial charge in [-0.25, -0.2) is 0 Å². The fraction of sp³-hybridized carbons (Fsp3) is 0.353. The summed E-state index contributed by atoms with van der Waals surface area (Å²) in [7, 11) is 0. The number of hydrogen-bond acceptors (Lipinski definition) is 3. The van der Waals surface area contributed by atoms with Crippen LogP contribution in [0.2, 0.25) is 0 Å². The third kappa shape index (κ3) is 2.85. The lowest BCUT2D eigenvalue weighted by atomic mass is 9.90. The van der Waals surface area contributed by atoms with Crippen LogP contribution in [-0.2, 0) is 17.9 Å². The summed E-state index contributed by atoms with van der Waals surface area (Å²) in [5, 5.41) is 3.34. The van der Waals surface area contributed by atoms with Gasteiger partial charge in [0.25, 0.3) is 0 Å². The first-order chi connectivity index (χ1) is 10.3. The summed E-state index contributed by atoms with van der Waals surface area (Å²) in [5.74, 6) is 0.876. The third-order valence-corrected chi connectivity index (χ3v) is 4.01. The van der Waals surface area contributed by atoms with Crippen LogP contribution >= 0.6 is 0 Å². The molecule has 1 aromatic carbocycles. The molecule has 4 heteroatoms. The smallest absolute Gasteiger partial charge is 0.231 e. The number of carbonyl (C=O) groups excluding carboxylic acids is 1. The minimum atomic E-state index is -0.107. The highest BCUT2D eigenvalue weighted by molar-refractivity contribution is 5.84. The number of carbonyl (C=O) groups is 1. The van der Waals surface area contributed by atoms with Gasteiger partial charge in [-0.2, -0.15) is 0 Å². The molecule has 0 spiro atoms. The number of fused-ring (bicyclic) bond motifs is 1. The third-order valence-electron chi connectivity index (χ3n) is 4.01. The molecule has 1 aliphatic heterocycles. The lowest BCUT2D eigenvalue weighted by Crippen LogP contribution is -2.41. The van der Waals surface area contributed by atoms with E-state index in [2.05, 4.69) is 17.4 Å². The van der Waals surface area contributed by atoms with Crippen LogP contribution < -0.4 is 5.32 Å². The zero-order valence-corrected chi connectivity index (χ0v) is 12.2. The summed E-state index contributed by atoms with van der Waals surface area (Å²) in [6.07, 6.45) is 1.64. The molecule has 21 heavy (non-hydrogen) atoms. The van der Waals surface area contributed by atoms with Crippen LogP contribution in [0.15, 0.2) is 47.1 Å². The van der Waals surface area contributed by atoms with Crippen LogP contribution in [0.4, 0.5) is 0 Å². The number of benzene rings is 1. The Balaban J connectivity index is 1.81. The Morgan fingerprint density at radius 3 is 2.95 bits per heavy atom. The van der Waals surface area contributed by atoms with Crippen molar-refractivity contribution in [1.29, 1.82) is 0 Å². The van der Waals surface area contributed by atoms with Gasteiger partial charge in [-0.05, 0) is 30.2 Å². The van der Waals surface area contributed by atoms with E-state index in [0.717, 1.165) is 17.9 Å². The largest absolute Gasteiger partial charge is 0.467 e. The molecule has 0 bridgehead atoms. The van der Waals surface area contributed by atoms with E-state index >= 15 is 0 Å². The molecular weight excluding hydrogens is 264 g/mol. The van der Waals surface area contributed by atoms with Crippen LogP contribution in [-0.4, -0.2) is 23.9 Å². The predicted octanol–water partition coefficient (Wildman–Crippen LogP) is 2.52. The highest BCUT2D eigenvalue weighted by atomic mass is 16.3. The molecule has 2 heterocycles. The van der Waals surface area contributed by atoms with E-state index in [1.165, 1.54) is 5.56 Å². The average Bonchev–Trinajstić information content (AvgIpc) is 3.04. The molecule has 1 unspecified atom stereocenters. The van der Waals surface area contributed by atoms with Gasteiger partial charge in [-0.1, -0.05) is 24.3 Å². The van der Waals surface area contributed by atoms with Crippen molar-refractivity contribution in [1.82, 2.24) is 10.2 Å². The van der Waals surface area contributed by atoms with Gasteiger partial charge in [0.2, 0.25) is 5.91 Å². The maximum Gasteiger partial charge on any atom is 0.231 e. The number of furan rings is 1. The number of nitrogens with zero attached hydrogens (tertiary/aromatic N) is 1. The van der Waals surface area contributed by atoms with Crippen LogP contribution in [0.1, 0.15) is 29.7 Å². The number of amides is 1. The zero-order valence-electron chi connectivity index (χ0n) is 12.2. The summed E-state index contributed by atoms with van der Waals surface area (Å²) in [4.78, 5) is 14.7. The number of hydrogen-bond donors (Lipinski definition) is 1.